The lowest BCUT2D eigenvalue weighted by Crippen LogP contribution is -2.31. The molecule has 5 nitrogen and oxygen atoms in total. The predicted molar refractivity (Wildman–Crippen MR) is 103 cm³/mol. The van der Waals surface area contributed by atoms with Crippen LogP contribution in [-0.4, -0.2) is 42.0 Å². The average molecular weight is 386 g/mol. The Kier molecular flexibility index (Phi) is 5.94. The Bertz CT molecular complexity index is 862. The van der Waals surface area contributed by atoms with E-state index in [0.29, 0.717) is 35.7 Å². The van der Waals surface area contributed by atoms with Crippen LogP contribution >= 0.6 is 11.6 Å². The van der Waals surface area contributed by atoms with Crippen LogP contribution in [-0.2, 0) is 14.3 Å². The van der Waals surface area contributed by atoms with E-state index in [2.05, 4.69) is 0 Å². The third-order valence-corrected chi connectivity index (χ3v) is 4.77. The summed E-state index contributed by atoms with van der Waals surface area (Å²) in [7, 11) is 1.58. The largest absolute Gasteiger partial charge is 0.507 e. The number of likely N-dealkylation sites (tertiary alicyclic amines) is 1. The SMILES string of the molecule is COCCCN1C(=O)C(=O)C(=C(O)c2ccccc2)C1c1ccc(Cl)cc1. The second-order valence-corrected chi connectivity index (χ2v) is 6.69. The summed E-state index contributed by atoms with van der Waals surface area (Å²) in [5.74, 6) is -1.49. The number of hydrogen-bond donors (Lipinski definition) is 1. The van der Waals surface area contributed by atoms with Crippen LogP contribution in [0, 0.1) is 0 Å². The van der Waals surface area contributed by atoms with Gasteiger partial charge in [-0.25, -0.2) is 0 Å². The quantitative estimate of drug-likeness (QED) is 0.355. The molecule has 1 aliphatic rings. The van der Waals surface area contributed by atoms with Crippen molar-refractivity contribution in [3.8, 4) is 0 Å². The molecular weight excluding hydrogens is 366 g/mol. The molecule has 0 saturated carbocycles. The van der Waals surface area contributed by atoms with Gasteiger partial charge in [0, 0.05) is 30.8 Å². The van der Waals surface area contributed by atoms with Crippen LogP contribution < -0.4 is 0 Å². The number of carbonyl (C=O) groups is 2. The lowest BCUT2D eigenvalue weighted by atomic mass is 9.95. The first kappa shape index (κ1) is 19.1. The molecular formula is C21H20ClNO4. The Morgan fingerprint density at radius 2 is 1.78 bits per heavy atom. The zero-order valence-electron chi connectivity index (χ0n) is 14.9. The lowest BCUT2D eigenvalue weighted by molar-refractivity contribution is -0.140. The zero-order valence-corrected chi connectivity index (χ0v) is 15.6. The van der Waals surface area contributed by atoms with E-state index in [-0.39, 0.29) is 11.3 Å². The fourth-order valence-corrected chi connectivity index (χ4v) is 3.36. The van der Waals surface area contributed by atoms with Crippen molar-refractivity contribution in [3.05, 3.63) is 76.3 Å². The van der Waals surface area contributed by atoms with Gasteiger partial charge in [0.25, 0.3) is 11.7 Å². The summed E-state index contributed by atoms with van der Waals surface area (Å²) in [5, 5.41) is 11.4. The Hall–Kier alpha value is -2.63. The molecule has 2 aromatic rings. The predicted octanol–water partition coefficient (Wildman–Crippen LogP) is 3.80. The molecule has 140 valence electrons. The highest BCUT2D eigenvalue weighted by Gasteiger charge is 2.45. The number of benzene rings is 2. The van der Waals surface area contributed by atoms with Crippen LogP contribution in [0.5, 0.6) is 0 Å². The second kappa shape index (κ2) is 8.37. The number of ketones is 1. The minimum Gasteiger partial charge on any atom is -0.507 e. The van der Waals surface area contributed by atoms with Crippen LogP contribution in [0.15, 0.2) is 60.2 Å². The molecule has 27 heavy (non-hydrogen) atoms. The summed E-state index contributed by atoms with van der Waals surface area (Å²) >= 11 is 5.98. The summed E-state index contributed by atoms with van der Waals surface area (Å²) in [6, 6.07) is 15.0. The first-order valence-electron chi connectivity index (χ1n) is 8.63. The van der Waals surface area contributed by atoms with Crippen LogP contribution in [0.25, 0.3) is 5.76 Å². The number of ether oxygens (including phenoxy) is 1. The highest BCUT2D eigenvalue weighted by atomic mass is 35.5. The number of nitrogens with zero attached hydrogens (tertiary/aromatic N) is 1. The molecule has 1 fully saturated rings. The van der Waals surface area contributed by atoms with E-state index in [0.717, 1.165) is 0 Å². The number of halogens is 1. The van der Waals surface area contributed by atoms with Gasteiger partial charge in [-0.1, -0.05) is 54.1 Å². The minimum atomic E-state index is -0.686. The molecule has 2 aromatic carbocycles. The summed E-state index contributed by atoms with van der Waals surface area (Å²) < 4.78 is 5.06. The van der Waals surface area contributed by atoms with Crippen LogP contribution in [0.3, 0.4) is 0 Å². The normalized spacial score (nSPS) is 18.9. The molecule has 1 aliphatic heterocycles. The van der Waals surface area contributed by atoms with Gasteiger partial charge in [-0.3, -0.25) is 9.59 Å². The van der Waals surface area contributed by atoms with Crippen molar-refractivity contribution in [2.75, 3.05) is 20.3 Å². The number of amides is 1. The number of rotatable bonds is 6. The molecule has 1 atom stereocenters. The van der Waals surface area contributed by atoms with E-state index in [4.69, 9.17) is 16.3 Å². The van der Waals surface area contributed by atoms with E-state index < -0.39 is 17.7 Å². The third-order valence-electron chi connectivity index (χ3n) is 4.52. The van der Waals surface area contributed by atoms with E-state index >= 15 is 0 Å². The summed E-state index contributed by atoms with van der Waals surface area (Å²) in [6.45, 7) is 0.812. The molecule has 1 amide bonds. The van der Waals surface area contributed by atoms with Gasteiger partial charge in [-0.2, -0.15) is 0 Å². The lowest BCUT2D eigenvalue weighted by Gasteiger charge is -2.25. The molecule has 1 N–H and O–H groups in total. The number of aliphatic hydroxyl groups excluding tert-OH is 1. The molecule has 0 bridgehead atoms. The maximum atomic E-state index is 12.7. The molecule has 6 heteroatoms. The van der Waals surface area contributed by atoms with Crippen molar-refractivity contribution in [1.82, 2.24) is 4.90 Å². The standard InChI is InChI=1S/C21H20ClNO4/c1-27-13-5-12-23-18(14-8-10-16(22)11-9-14)17(20(25)21(23)26)19(24)15-6-3-2-4-7-15/h2-4,6-11,18,24H,5,12-13H2,1H3. The van der Waals surface area contributed by atoms with Crippen molar-refractivity contribution >= 4 is 29.1 Å². The number of aliphatic hydroxyl groups is 1. The third kappa shape index (κ3) is 3.89. The summed E-state index contributed by atoms with van der Waals surface area (Å²) in [6.07, 6.45) is 0.582. The smallest absolute Gasteiger partial charge is 0.295 e. The molecule has 0 aliphatic carbocycles. The van der Waals surface area contributed by atoms with Crippen molar-refractivity contribution < 1.29 is 19.4 Å². The zero-order chi connectivity index (χ0) is 19.4. The first-order chi connectivity index (χ1) is 13.0. The Labute approximate surface area is 162 Å². The van der Waals surface area contributed by atoms with Crippen LogP contribution in [0.2, 0.25) is 5.02 Å². The monoisotopic (exact) mass is 385 g/mol. The van der Waals surface area contributed by atoms with Crippen molar-refractivity contribution in [2.24, 2.45) is 0 Å². The van der Waals surface area contributed by atoms with E-state index in [1.54, 1.807) is 55.6 Å². The van der Waals surface area contributed by atoms with Crippen LogP contribution in [0.4, 0.5) is 0 Å². The molecule has 1 saturated heterocycles. The molecule has 1 heterocycles. The number of hydrogen-bond acceptors (Lipinski definition) is 4. The fourth-order valence-electron chi connectivity index (χ4n) is 3.23. The highest BCUT2D eigenvalue weighted by molar-refractivity contribution is 6.46. The van der Waals surface area contributed by atoms with E-state index in [1.165, 1.54) is 4.90 Å². The van der Waals surface area contributed by atoms with Gasteiger partial charge < -0.3 is 14.7 Å². The fraction of sp³-hybridized carbons (Fsp3) is 0.238. The van der Waals surface area contributed by atoms with E-state index in [1.807, 2.05) is 6.07 Å². The first-order valence-corrected chi connectivity index (χ1v) is 9.00. The molecule has 3 rings (SSSR count). The molecule has 0 spiro atoms. The van der Waals surface area contributed by atoms with Gasteiger partial charge in [0.05, 0.1) is 11.6 Å². The van der Waals surface area contributed by atoms with Crippen molar-refractivity contribution in [2.45, 2.75) is 12.5 Å². The van der Waals surface area contributed by atoms with Gasteiger partial charge in [0.15, 0.2) is 0 Å². The van der Waals surface area contributed by atoms with Gasteiger partial charge in [0.1, 0.15) is 5.76 Å². The van der Waals surface area contributed by atoms with Gasteiger partial charge in [-0.15, -0.1) is 0 Å². The number of methoxy groups -OCH3 is 1. The Morgan fingerprint density at radius 3 is 2.41 bits per heavy atom. The Morgan fingerprint density at radius 1 is 1.11 bits per heavy atom. The minimum absolute atomic E-state index is 0.0888. The maximum Gasteiger partial charge on any atom is 0.295 e. The van der Waals surface area contributed by atoms with Crippen LogP contribution in [0.1, 0.15) is 23.6 Å². The molecule has 0 radical (unpaired) electrons. The molecule has 0 aromatic heterocycles. The summed E-state index contributed by atoms with van der Waals surface area (Å²) in [5.41, 5.74) is 1.30. The molecule has 1 unspecified atom stereocenters. The maximum absolute atomic E-state index is 12.7. The van der Waals surface area contributed by atoms with Gasteiger partial charge in [0.2, 0.25) is 0 Å². The summed E-state index contributed by atoms with van der Waals surface area (Å²) in [4.78, 5) is 26.9. The highest BCUT2D eigenvalue weighted by Crippen LogP contribution is 2.39. The average Bonchev–Trinajstić information content (AvgIpc) is 2.94. The number of Topliss-reactive ketones (excluding diaryl/α,β-unsaturated/α-hetero) is 1. The van der Waals surface area contributed by atoms with Crippen molar-refractivity contribution in [3.63, 3.8) is 0 Å². The number of carbonyl (C=O) groups excluding carboxylic acids is 2. The Balaban J connectivity index is 2.10. The van der Waals surface area contributed by atoms with Gasteiger partial charge >= 0.3 is 0 Å². The van der Waals surface area contributed by atoms with Crippen molar-refractivity contribution in [1.29, 1.82) is 0 Å². The van der Waals surface area contributed by atoms with Gasteiger partial charge in [-0.05, 0) is 24.1 Å². The second-order valence-electron chi connectivity index (χ2n) is 6.26. The van der Waals surface area contributed by atoms with E-state index in [9.17, 15) is 14.7 Å². The topological polar surface area (TPSA) is 66.8 Å².